The van der Waals surface area contributed by atoms with Gasteiger partial charge in [-0.05, 0) is 30.5 Å². The van der Waals surface area contributed by atoms with Crippen LogP contribution < -0.4 is 5.69 Å². The Morgan fingerprint density at radius 2 is 2.09 bits per heavy atom. The lowest BCUT2D eigenvalue weighted by atomic mass is 10.1. The zero-order valence-corrected chi connectivity index (χ0v) is 12.5. The van der Waals surface area contributed by atoms with Crippen LogP contribution in [-0.2, 0) is 0 Å². The van der Waals surface area contributed by atoms with E-state index in [9.17, 15) is 4.79 Å². The molecule has 4 rings (SSSR count). The smallest absolute Gasteiger partial charge is 0.314 e. The van der Waals surface area contributed by atoms with Crippen LogP contribution in [0.15, 0.2) is 52.8 Å². The molecule has 108 valence electrons. The molecular weight excluding hydrogens is 298 g/mol. The maximum absolute atomic E-state index is 12.2. The topological polar surface area (TPSA) is 75.9 Å². The number of hydrogen-bond acceptors (Lipinski definition) is 5. The Bertz CT molecular complexity index is 1050. The molecule has 0 aliphatic carbocycles. The molecule has 7 heteroatoms. The number of thioether (sulfide) groups is 1. The van der Waals surface area contributed by atoms with Crippen molar-refractivity contribution < 1.29 is 0 Å². The van der Waals surface area contributed by atoms with E-state index in [4.69, 9.17) is 0 Å². The van der Waals surface area contributed by atoms with Crippen molar-refractivity contribution in [3.63, 3.8) is 0 Å². The lowest BCUT2D eigenvalue weighted by molar-refractivity contribution is 0.976. The summed E-state index contributed by atoms with van der Waals surface area (Å²) >= 11 is 1.48. The molecule has 0 fully saturated rings. The normalized spacial score (nSPS) is 11.3. The molecule has 4 heterocycles. The Morgan fingerprint density at radius 3 is 2.95 bits per heavy atom. The molecule has 0 aliphatic heterocycles. The first-order valence-corrected chi connectivity index (χ1v) is 7.86. The lowest BCUT2D eigenvalue weighted by Gasteiger charge is -2.02. The van der Waals surface area contributed by atoms with Gasteiger partial charge in [-0.1, -0.05) is 11.8 Å². The third kappa shape index (κ3) is 1.82. The number of nitrogens with zero attached hydrogens (tertiary/aromatic N) is 4. The summed E-state index contributed by atoms with van der Waals surface area (Å²) in [5.41, 5.74) is 2.87. The molecule has 0 radical (unpaired) electrons. The first kappa shape index (κ1) is 13.0. The number of hydrogen-bond donors (Lipinski definition) is 1. The minimum atomic E-state index is -0.216. The number of nitrogens with one attached hydrogen (secondary N) is 1. The van der Waals surface area contributed by atoms with Gasteiger partial charge in [0.05, 0.1) is 11.2 Å². The summed E-state index contributed by atoms with van der Waals surface area (Å²) in [5, 5.41) is 1.59. The van der Waals surface area contributed by atoms with E-state index in [1.807, 2.05) is 30.5 Å². The summed E-state index contributed by atoms with van der Waals surface area (Å²) in [4.78, 5) is 28.0. The fraction of sp³-hybridized carbons (Fsp3) is 0.0667. The fourth-order valence-corrected chi connectivity index (χ4v) is 2.96. The number of H-pyrrole nitrogens is 1. The van der Waals surface area contributed by atoms with E-state index in [0.29, 0.717) is 10.8 Å². The van der Waals surface area contributed by atoms with Gasteiger partial charge >= 0.3 is 5.69 Å². The van der Waals surface area contributed by atoms with Gasteiger partial charge in [-0.3, -0.25) is 0 Å². The summed E-state index contributed by atoms with van der Waals surface area (Å²) in [5.74, 6) is 0. The molecule has 0 atom stereocenters. The summed E-state index contributed by atoms with van der Waals surface area (Å²) in [7, 11) is 0. The minimum absolute atomic E-state index is 0.216. The van der Waals surface area contributed by atoms with Crippen LogP contribution in [0.2, 0.25) is 0 Å². The minimum Gasteiger partial charge on any atom is -0.314 e. The number of pyridine rings is 1. The van der Waals surface area contributed by atoms with E-state index in [1.165, 1.54) is 11.8 Å². The molecule has 0 saturated carbocycles. The van der Waals surface area contributed by atoms with Crippen LogP contribution in [0, 0.1) is 0 Å². The van der Waals surface area contributed by atoms with E-state index >= 15 is 0 Å². The van der Waals surface area contributed by atoms with Gasteiger partial charge in [-0.15, -0.1) is 0 Å². The van der Waals surface area contributed by atoms with Crippen molar-refractivity contribution in [3.05, 3.63) is 53.3 Å². The number of aromatic nitrogens is 5. The van der Waals surface area contributed by atoms with E-state index in [-0.39, 0.29) is 5.69 Å². The molecule has 0 aromatic carbocycles. The number of rotatable bonds is 2. The highest BCUT2D eigenvalue weighted by molar-refractivity contribution is 7.98. The third-order valence-corrected chi connectivity index (χ3v) is 4.05. The predicted molar refractivity (Wildman–Crippen MR) is 86.1 cm³/mol. The van der Waals surface area contributed by atoms with Crippen LogP contribution in [0.5, 0.6) is 0 Å². The van der Waals surface area contributed by atoms with E-state index in [0.717, 1.165) is 22.2 Å². The van der Waals surface area contributed by atoms with Crippen molar-refractivity contribution in [3.8, 4) is 11.3 Å². The van der Waals surface area contributed by atoms with Crippen LogP contribution in [-0.4, -0.2) is 30.6 Å². The highest BCUT2D eigenvalue weighted by Gasteiger charge is 2.17. The monoisotopic (exact) mass is 309 g/mol. The van der Waals surface area contributed by atoms with Crippen LogP contribution >= 0.6 is 11.8 Å². The largest absolute Gasteiger partial charge is 0.331 e. The standard InChI is InChI=1S/C15H11N5OS/c1-22-14-17-7-4-10(19-14)12-9-3-2-6-16-13(9)20-11(12)5-8-18-15(20)21/h2-8H,1H3,(H,18,21). The van der Waals surface area contributed by atoms with E-state index in [1.54, 1.807) is 23.0 Å². The second-order valence-electron chi connectivity index (χ2n) is 4.68. The molecule has 6 nitrogen and oxygen atoms in total. The highest BCUT2D eigenvalue weighted by atomic mass is 32.2. The summed E-state index contributed by atoms with van der Waals surface area (Å²) < 4.78 is 1.57. The Labute approximate surface area is 129 Å². The summed E-state index contributed by atoms with van der Waals surface area (Å²) in [6.07, 6.45) is 6.98. The Kier molecular flexibility index (Phi) is 2.93. The molecule has 0 spiro atoms. The van der Waals surface area contributed by atoms with Crippen molar-refractivity contribution in [2.24, 2.45) is 0 Å². The second-order valence-corrected chi connectivity index (χ2v) is 5.46. The maximum Gasteiger partial charge on any atom is 0.331 e. The van der Waals surface area contributed by atoms with Crippen LogP contribution in [0.4, 0.5) is 0 Å². The lowest BCUT2D eigenvalue weighted by Crippen LogP contribution is -2.14. The van der Waals surface area contributed by atoms with Gasteiger partial charge in [-0.25, -0.2) is 24.1 Å². The van der Waals surface area contributed by atoms with E-state index in [2.05, 4.69) is 19.9 Å². The van der Waals surface area contributed by atoms with Gasteiger partial charge < -0.3 is 4.98 Å². The fourth-order valence-electron chi connectivity index (χ4n) is 2.60. The first-order valence-electron chi connectivity index (χ1n) is 6.64. The Hall–Kier alpha value is -2.67. The number of fused-ring (bicyclic) bond motifs is 3. The van der Waals surface area contributed by atoms with Crippen molar-refractivity contribution in [2.75, 3.05) is 6.26 Å². The molecular formula is C15H11N5OS. The zero-order chi connectivity index (χ0) is 15.1. The van der Waals surface area contributed by atoms with Gasteiger partial charge in [0, 0.05) is 29.5 Å². The van der Waals surface area contributed by atoms with Gasteiger partial charge in [0.15, 0.2) is 5.16 Å². The molecule has 22 heavy (non-hydrogen) atoms. The maximum atomic E-state index is 12.2. The Morgan fingerprint density at radius 1 is 1.18 bits per heavy atom. The molecule has 4 aromatic rings. The van der Waals surface area contributed by atoms with Crippen molar-refractivity contribution >= 4 is 28.3 Å². The van der Waals surface area contributed by atoms with Crippen molar-refractivity contribution in [1.82, 2.24) is 24.3 Å². The van der Waals surface area contributed by atoms with Gasteiger partial charge in [0.2, 0.25) is 0 Å². The quantitative estimate of drug-likeness (QED) is 0.454. The SMILES string of the molecule is CSc1nccc(-c2c3cccnc3n3c(=O)[nH]ccc23)n1. The third-order valence-electron chi connectivity index (χ3n) is 3.49. The molecule has 0 unspecified atom stereocenters. The van der Waals surface area contributed by atoms with Gasteiger partial charge in [0.1, 0.15) is 5.65 Å². The van der Waals surface area contributed by atoms with Crippen LogP contribution in [0.3, 0.4) is 0 Å². The molecule has 1 N–H and O–H groups in total. The van der Waals surface area contributed by atoms with Crippen molar-refractivity contribution in [2.45, 2.75) is 5.16 Å². The highest BCUT2D eigenvalue weighted by Crippen LogP contribution is 2.32. The summed E-state index contributed by atoms with van der Waals surface area (Å²) in [6, 6.07) is 7.52. The van der Waals surface area contributed by atoms with Crippen molar-refractivity contribution in [1.29, 1.82) is 0 Å². The van der Waals surface area contributed by atoms with Crippen LogP contribution in [0.25, 0.3) is 27.8 Å². The van der Waals surface area contributed by atoms with Crippen LogP contribution in [0.1, 0.15) is 0 Å². The van der Waals surface area contributed by atoms with Gasteiger partial charge in [-0.2, -0.15) is 0 Å². The number of aromatic amines is 1. The molecule has 0 bridgehead atoms. The first-order chi connectivity index (χ1) is 10.8. The average Bonchev–Trinajstić information content (AvgIpc) is 2.90. The van der Waals surface area contributed by atoms with E-state index < -0.39 is 0 Å². The molecule has 0 aliphatic rings. The molecule has 0 saturated heterocycles. The molecule has 4 aromatic heterocycles. The zero-order valence-electron chi connectivity index (χ0n) is 11.6. The Balaban J connectivity index is 2.20. The average molecular weight is 309 g/mol. The predicted octanol–water partition coefficient (Wildman–Crippen LogP) is 2.35. The summed E-state index contributed by atoms with van der Waals surface area (Å²) in [6.45, 7) is 0. The molecule has 0 amide bonds. The van der Waals surface area contributed by atoms with Gasteiger partial charge in [0.25, 0.3) is 0 Å². The second kappa shape index (κ2) is 4.96.